The molecule has 7 nitrogen and oxygen atoms in total. The topological polar surface area (TPSA) is 98.3 Å². The van der Waals surface area contributed by atoms with Gasteiger partial charge in [0.2, 0.25) is 0 Å². The van der Waals surface area contributed by atoms with Crippen molar-refractivity contribution in [1.29, 1.82) is 0 Å². The van der Waals surface area contributed by atoms with Crippen LogP contribution in [-0.2, 0) is 0 Å². The molecule has 7 heteroatoms. The molecule has 2 aromatic rings. The van der Waals surface area contributed by atoms with Crippen LogP contribution in [0.15, 0.2) is 23.0 Å². The lowest BCUT2D eigenvalue weighted by molar-refractivity contribution is 0.0690. The van der Waals surface area contributed by atoms with Crippen molar-refractivity contribution >= 4 is 5.97 Å². The Hall–Kier alpha value is -2.44. The largest absolute Gasteiger partial charge is 0.479 e. The highest BCUT2D eigenvalue weighted by Crippen LogP contribution is 2.21. The van der Waals surface area contributed by atoms with Crippen molar-refractivity contribution in [3.05, 3.63) is 24.2 Å². The van der Waals surface area contributed by atoms with Gasteiger partial charge in [-0.25, -0.2) is 14.8 Å². The lowest BCUT2D eigenvalue weighted by Crippen LogP contribution is -2.00. The smallest absolute Gasteiger partial charge is 0.354 e. The minimum Gasteiger partial charge on any atom is -0.479 e. The fourth-order valence-electron chi connectivity index (χ4n) is 1.08. The Kier molecular flexibility index (Phi) is 2.50. The SMILES string of the molecule is COc1cc(-c2cc(C(=O)O)ncn2)on1. The molecule has 0 amide bonds. The summed E-state index contributed by atoms with van der Waals surface area (Å²) in [6.07, 6.45) is 1.15. The van der Waals surface area contributed by atoms with Gasteiger partial charge in [-0.15, -0.1) is 0 Å². The summed E-state index contributed by atoms with van der Waals surface area (Å²) in [4.78, 5) is 18.1. The minimum atomic E-state index is -1.13. The highest BCUT2D eigenvalue weighted by atomic mass is 16.5. The number of nitrogens with zero attached hydrogens (tertiary/aromatic N) is 3. The number of rotatable bonds is 3. The standard InChI is InChI=1S/C9H7N3O4/c1-15-8-3-7(16-12-8)5-2-6(9(13)14)11-4-10-5/h2-4H,1H3,(H,13,14). The summed E-state index contributed by atoms with van der Waals surface area (Å²) in [6.45, 7) is 0. The molecule has 16 heavy (non-hydrogen) atoms. The van der Waals surface area contributed by atoms with Crippen LogP contribution in [0, 0.1) is 0 Å². The lowest BCUT2D eigenvalue weighted by Gasteiger charge is -1.95. The molecule has 2 aromatic heterocycles. The van der Waals surface area contributed by atoms with E-state index in [-0.39, 0.29) is 5.69 Å². The third-order valence-electron chi connectivity index (χ3n) is 1.84. The van der Waals surface area contributed by atoms with E-state index in [1.165, 1.54) is 19.2 Å². The zero-order chi connectivity index (χ0) is 11.5. The fraction of sp³-hybridized carbons (Fsp3) is 0.111. The van der Waals surface area contributed by atoms with Crippen LogP contribution in [-0.4, -0.2) is 33.3 Å². The van der Waals surface area contributed by atoms with E-state index in [4.69, 9.17) is 14.4 Å². The molecule has 0 aliphatic carbocycles. The van der Waals surface area contributed by atoms with E-state index in [0.717, 1.165) is 6.33 Å². The molecule has 1 N–H and O–H groups in total. The zero-order valence-electron chi connectivity index (χ0n) is 8.25. The maximum absolute atomic E-state index is 10.7. The van der Waals surface area contributed by atoms with Crippen molar-refractivity contribution in [1.82, 2.24) is 15.1 Å². The van der Waals surface area contributed by atoms with Crippen LogP contribution in [0.2, 0.25) is 0 Å². The van der Waals surface area contributed by atoms with Gasteiger partial charge >= 0.3 is 5.97 Å². The summed E-state index contributed by atoms with van der Waals surface area (Å²) in [7, 11) is 1.45. The Morgan fingerprint density at radius 3 is 2.88 bits per heavy atom. The van der Waals surface area contributed by atoms with E-state index >= 15 is 0 Å². The molecule has 0 bridgehead atoms. The van der Waals surface area contributed by atoms with Crippen molar-refractivity contribution < 1.29 is 19.2 Å². The molecule has 0 aliphatic rings. The highest BCUT2D eigenvalue weighted by molar-refractivity contribution is 5.86. The number of carbonyl (C=O) groups is 1. The molecule has 0 atom stereocenters. The summed E-state index contributed by atoms with van der Waals surface area (Å²) in [6, 6.07) is 2.80. The predicted molar refractivity (Wildman–Crippen MR) is 51.0 cm³/mol. The van der Waals surface area contributed by atoms with Crippen LogP contribution in [0.25, 0.3) is 11.5 Å². The van der Waals surface area contributed by atoms with Crippen LogP contribution >= 0.6 is 0 Å². The molecule has 0 aliphatic heterocycles. The quantitative estimate of drug-likeness (QED) is 0.819. The van der Waals surface area contributed by atoms with Crippen LogP contribution < -0.4 is 4.74 Å². The first-order valence-corrected chi connectivity index (χ1v) is 4.27. The number of carboxylic acid groups (broad SMARTS) is 1. The zero-order valence-corrected chi connectivity index (χ0v) is 8.25. The normalized spacial score (nSPS) is 10.1. The first-order valence-electron chi connectivity index (χ1n) is 4.27. The molecule has 0 saturated heterocycles. The number of carboxylic acids is 1. The first-order chi connectivity index (χ1) is 7.70. The molecular weight excluding hydrogens is 214 g/mol. The van der Waals surface area contributed by atoms with Gasteiger partial charge in [-0.3, -0.25) is 0 Å². The van der Waals surface area contributed by atoms with E-state index in [1.807, 2.05) is 0 Å². The molecule has 0 fully saturated rings. The average Bonchev–Trinajstić information content (AvgIpc) is 2.77. The number of hydrogen-bond acceptors (Lipinski definition) is 6. The van der Waals surface area contributed by atoms with Gasteiger partial charge in [0.25, 0.3) is 5.88 Å². The first kappa shape index (κ1) is 10.1. The van der Waals surface area contributed by atoms with E-state index in [1.54, 1.807) is 0 Å². The van der Waals surface area contributed by atoms with Gasteiger partial charge in [0.1, 0.15) is 12.0 Å². The summed E-state index contributed by atoms with van der Waals surface area (Å²) < 4.78 is 9.75. The highest BCUT2D eigenvalue weighted by Gasteiger charge is 2.11. The van der Waals surface area contributed by atoms with Gasteiger partial charge in [0.05, 0.1) is 13.2 Å². The van der Waals surface area contributed by atoms with Gasteiger partial charge in [-0.2, -0.15) is 0 Å². The van der Waals surface area contributed by atoms with Gasteiger partial charge < -0.3 is 14.4 Å². The molecule has 2 heterocycles. The van der Waals surface area contributed by atoms with E-state index in [9.17, 15) is 4.79 Å². The van der Waals surface area contributed by atoms with Crippen molar-refractivity contribution in [3.63, 3.8) is 0 Å². The molecule has 0 saturated carbocycles. The van der Waals surface area contributed by atoms with Crippen LogP contribution in [0.4, 0.5) is 0 Å². The molecule has 82 valence electrons. The second-order valence-corrected chi connectivity index (χ2v) is 2.83. The summed E-state index contributed by atoms with van der Waals surface area (Å²) >= 11 is 0. The van der Waals surface area contributed by atoms with Crippen molar-refractivity contribution in [2.24, 2.45) is 0 Å². The summed E-state index contributed by atoms with van der Waals surface area (Å²) in [5.74, 6) is -0.512. The maximum Gasteiger partial charge on any atom is 0.354 e. The Morgan fingerprint density at radius 2 is 2.25 bits per heavy atom. The number of methoxy groups -OCH3 is 1. The second kappa shape index (κ2) is 3.97. The Labute approximate surface area is 89.7 Å². The van der Waals surface area contributed by atoms with Crippen molar-refractivity contribution in [2.75, 3.05) is 7.11 Å². The van der Waals surface area contributed by atoms with Crippen LogP contribution in [0.1, 0.15) is 10.5 Å². The number of ether oxygens (including phenoxy) is 1. The van der Waals surface area contributed by atoms with Gasteiger partial charge in [-0.1, -0.05) is 0 Å². The van der Waals surface area contributed by atoms with Crippen molar-refractivity contribution in [3.8, 4) is 17.3 Å². The van der Waals surface area contributed by atoms with Gasteiger partial charge in [-0.05, 0) is 5.16 Å². The van der Waals surface area contributed by atoms with Gasteiger partial charge in [0, 0.05) is 6.07 Å². The third-order valence-corrected chi connectivity index (χ3v) is 1.84. The van der Waals surface area contributed by atoms with E-state index in [0.29, 0.717) is 17.3 Å². The average molecular weight is 221 g/mol. The summed E-state index contributed by atoms with van der Waals surface area (Å²) in [5, 5.41) is 12.3. The van der Waals surface area contributed by atoms with Gasteiger partial charge in [0.15, 0.2) is 11.5 Å². The number of hydrogen-bond donors (Lipinski definition) is 1. The lowest BCUT2D eigenvalue weighted by atomic mass is 10.2. The minimum absolute atomic E-state index is 0.111. The second-order valence-electron chi connectivity index (χ2n) is 2.83. The third kappa shape index (κ3) is 1.83. The fourth-order valence-corrected chi connectivity index (χ4v) is 1.08. The van der Waals surface area contributed by atoms with Crippen LogP contribution in [0.3, 0.4) is 0 Å². The molecule has 0 spiro atoms. The maximum atomic E-state index is 10.7. The van der Waals surface area contributed by atoms with E-state index in [2.05, 4.69) is 15.1 Å². The van der Waals surface area contributed by atoms with Crippen molar-refractivity contribution in [2.45, 2.75) is 0 Å². The predicted octanol–water partition coefficient (Wildman–Crippen LogP) is 0.838. The molecule has 0 unspecified atom stereocenters. The number of aromatic nitrogens is 3. The molecular formula is C9H7N3O4. The number of aromatic carboxylic acids is 1. The Bertz CT molecular complexity index is 523. The Morgan fingerprint density at radius 1 is 1.44 bits per heavy atom. The summed E-state index contributed by atoms with van der Waals surface area (Å²) in [5.41, 5.74) is 0.226. The van der Waals surface area contributed by atoms with Crippen LogP contribution in [0.5, 0.6) is 5.88 Å². The Balaban J connectivity index is 2.40. The molecule has 0 aromatic carbocycles. The molecule has 0 radical (unpaired) electrons. The molecule has 2 rings (SSSR count). The van der Waals surface area contributed by atoms with E-state index < -0.39 is 5.97 Å². The monoisotopic (exact) mass is 221 g/mol.